The summed E-state index contributed by atoms with van der Waals surface area (Å²) in [4.78, 5) is 0. The molecular formula is C14H15BrN2. The Morgan fingerprint density at radius 2 is 2.18 bits per heavy atom. The lowest BCUT2D eigenvalue weighted by Crippen LogP contribution is -1.99. The SMILES string of the molecule is Cc1cc(CBr)ccc1-n1ccc(C2CC2)n1. The van der Waals surface area contributed by atoms with Gasteiger partial charge in [0, 0.05) is 17.4 Å². The van der Waals surface area contributed by atoms with Gasteiger partial charge in [0.1, 0.15) is 0 Å². The molecule has 0 aliphatic heterocycles. The van der Waals surface area contributed by atoms with Crippen LogP contribution in [0.3, 0.4) is 0 Å². The molecular weight excluding hydrogens is 276 g/mol. The lowest BCUT2D eigenvalue weighted by Gasteiger charge is -2.07. The zero-order valence-corrected chi connectivity index (χ0v) is 11.4. The lowest BCUT2D eigenvalue weighted by molar-refractivity contribution is 0.831. The first-order valence-electron chi connectivity index (χ1n) is 5.99. The summed E-state index contributed by atoms with van der Waals surface area (Å²) in [5.41, 5.74) is 5.00. The van der Waals surface area contributed by atoms with Gasteiger partial charge in [0.05, 0.1) is 11.4 Å². The predicted molar refractivity (Wildman–Crippen MR) is 72.9 cm³/mol. The lowest BCUT2D eigenvalue weighted by atomic mass is 10.1. The fourth-order valence-electron chi connectivity index (χ4n) is 2.13. The van der Waals surface area contributed by atoms with Gasteiger partial charge in [-0.05, 0) is 43.0 Å². The van der Waals surface area contributed by atoms with Crippen molar-refractivity contribution in [2.75, 3.05) is 0 Å². The molecule has 0 N–H and O–H groups in total. The number of aromatic nitrogens is 2. The molecule has 3 heteroatoms. The van der Waals surface area contributed by atoms with Gasteiger partial charge in [-0.15, -0.1) is 0 Å². The van der Waals surface area contributed by atoms with Crippen molar-refractivity contribution in [3.63, 3.8) is 0 Å². The van der Waals surface area contributed by atoms with E-state index < -0.39 is 0 Å². The Hall–Kier alpha value is -1.09. The third kappa shape index (κ3) is 2.16. The zero-order valence-electron chi connectivity index (χ0n) is 9.86. The van der Waals surface area contributed by atoms with Crippen LogP contribution in [-0.2, 0) is 5.33 Å². The molecule has 1 aliphatic carbocycles. The Labute approximate surface area is 110 Å². The molecule has 0 radical (unpaired) electrons. The molecule has 0 atom stereocenters. The van der Waals surface area contributed by atoms with Crippen LogP contribution in [0.1, 0.15) is 35.6 Å². The van der Waals surface area contributed by atoms with Crippen LogP contribution < -0.4 is 0 Å². The Morgan fingerprint density at radius 1 is 1.35 bits per heavy atom. The molecule has 0 bridgehead atoms. The second-order valence-electron chi connectivity index (χ2n) is 4.71. The van der Waals surface area contributed by atoms with Gasteiger partial charge in [0.2, 0.25) is 0 Å². The maximum Gasteiger partial charge on any atom is 0.0675 e. The smallest absolute Gasteiger partial charge is 0.0675 e. The monoisotopic (exact) mass is 290 g/mol. The number of aryl methyl sites for hydroxylation is 1. The molecule has 88 valence electrons. The van der Waals surface area contributed by atoms with Crippen LogP contribution in [0.4, 0.5) is 0 Å². The molecule has 17 heavy (non-hydrogen) atoms. The highest BCUT2D eigenvalue weighted by molar-refractivity contribution is 9.08. The van der Waals surface area contributed by atoms with Crippen molar-refractivity contribution in [3.05, 3.63) is 47.3 Å². The predicted octanol–water partition coefficient (Wildman–Crippen LogP) is 3.95. The van der Waals surface area contributed by atoms with Crippen molar-refractivity contribution in [2.45, 2.75) is 31.0 Å². The standard InChI is InChI=1S/C14H15BrN2/c1-10-8-11(9-15)2-5-14(10)17-7-6-13(16-17)12-3-4-12/h2,5-8,12H,3-4,9H2,1H3. The summed E-state index contributed by atoms with van der Waals surface area (Å²) in [6.07, 6.45) is 4.68. The Morgan fingerprint density at radius 3 is 2.82 bits per heavy atom. The van der Waals surface area contributed by atoms with E-state index in [9.17, 15) is 0 Å². The molecule has 0 unspecified atom stereocenters. The largest absolute Gasteiger partial charge is 0.240 e. The first-order valence-corrected chi connectivity index (χ1v) is 7.11. The fraction of sp³-hybridized carbons (Fsp3) is 0.357. The molecule has 2 aromatic rings. The van der Waals surface area contributed by atoms with Gasteiger partial charge < -0.3 is 0 Å². The molecule has 1 fully saturated rings. The highest BCUT2D eigenvalue weighted by Crippen LogP contribution is 2.39. The first-order chi connectivity index (χ1) is 8.28. The van der Waals surface area contributed by atoms with E-state index in [0.717, 1.165) is 11.2 Å². The second kappa shape index (κ2) is 4.30. The first kappa shape index (κ1) is 11.0. The van der Waals surface area contributed by atoms with Crippen LogP contribution in [0.5, 0.6) is 0 Å². The van der Waals surface area contributed by atoms with Crippen molar-refractivity contribution in [3.8, 4) is 5.69 Å². The molecule has 2 nitrogen and oxygen atoms in total. The van der Waals surface area contributed by atoms with Crippen LogP contribution in [0, 0.1) is 6.92 Å². The van der Waals surface area contributed by atoms with E-state index in [-0.39, 0.29) is 0 Å². The highest BCUT2D eigenvalue weighted by Gasteiger charge is 2.25. The fourth-order valence-corrected chi connectivity index (χ4v) is 2.48. The van der Waals surface area contributed by atoms with E-state index >= 15 is 0 Å². The van der Waals surface area contributed by atoms with E-state index in [0.29, 0.717) is 0 Å². The van der Waals surface area contributed by atoms with E-state index in [1.54, 1.807) is 0 Å². The minimum Gasteiger partial charge on any atom is -0.240 e. The van der Waals surface area contributed by atoms with E-state index in [2.05, 4.69) is 58.4 Å². The summed E-state index contributed by atoms with van der Waals surface area (Å²) < 4.78 is 2.00. The van der Waals surface area contributed by atoms with Crippen LogP contribution in [0.15, 0.2) is 30.5 Å². The van der Waals surface area contributed by atoms with Gasteiger partial charge in [-0.2, -0.15) is 5.10 Å². The Bertz CT molecular complexity index is 541. The summed E-state index contributed by atoms with van der Waals surface area (Å²) in [5.74, 6) is 0.721. The number of rotatable bonds is 3. The summed E-state index contributed by atoms with van der Waals surface area (Å²) >= 11 is 3.48. The van der Waals surface area contributed by atoms with Gasteiger partial charge in [0.25, 0.3) is 0 Å². The third-order valence-electron chi connectivity index (χ3n) is 3.27. The van der Waals surface area contributed by atoms with Crippen LogP contribution in [0.25, 0.3) is 5.69 Å². The molecule has 1 aliphatic rings. The molecule has 0 spiro atoms. The average Bonchev–Trinajstić information content (AvgIpc) is 3.08. The molecule has 1 aromatic heterocycles. The van der Waals surface area contributed by atoms with Gasteiger partial charge >= 0.3 is 0 Å². The molecule has 0 amide bonds. The highest BCUT2D eigenvalue weighted by atomic mass is 79.9. The number of hydrogen-bond acceptors (Lipinski definition) is 1. The van der Waals surface area contributed by atoms with Gasteiger partial charge in [-0.1, -0.05) is 28.1 Å². The maximum absolute atomic E-state index is 4.66. The van der Waals surface area contributed by atoms with Gasteiger partial charge in [-0.25, -0.2) is 4.68 Å². The van der Waals surface area contributed by atoms with Crippen molar-refractivity contribution in [1.29, 1.82) is 0 Å². The van der Waals surface area contributed by atoms with Crippen LogP contribution in [0.2, 0.25) is 0 Å². The Kier molecular flexibility index (Phi) is 2.79. The van der Waals surface area contributed by atoms with E-state index in [4.69, 9.17) is 0 Å². The molecule has 3 rings (SSSR count). The van der Waals surface area contributed by atoms with Crippen molar-refractivity contribution >= 4 is 15.9 Å². The topological polar surface area (TPSA) is 17.8 Å². The summed E-state index contributed by atoms with van der Waals surface area (Å²) in [7, 11) is 0. The second-order valence-corrected chi connectivity index (χ2v) is 5.27. The molecule has 1 saturated carbocycles. The Balaban J connectivity index is 1.96. The van der Waals surface area contributed by atoms with Gasteiger partial charge in [0.15, 0.2) is 0 Å². The van der Waals surface area contributed by atoms with Gasteiger partial charge in [-0.3, -0.25) is 0 Å². The third-order valence-corrected chi connectivity index (χ3v) is 3.92. The number of alkyl halides is 1. The van der Waals surface area contributed by atoms with E-state index in [1.165, 1.54) is 35.3 Å². The van der Waals surface area contributed by atoms with Crippen molar-refractivity contribution in [2.24, 2.45) is 0 Å². The van der Waals surface area contributed by atoms with E-state index in [1.807, 2.05) is 4.68 Å². The van der Waals surface area contributed by atoms with Crippen LogP contribution >= 0.6 is 15.9 Å². The van der Waals surface area contributed by atoms with Crippen LogP contribution in [-0.4, -0.2) is 9.78 Å². The zero-order chi connectivity index (χ0) is 11.8. The van der Waals surface area contributed by atoms with Crippen molar-refractivity contribution in [1.82, 2.24) is 9.78 Å². The van der Waals surface area contributed by atoms with Crippen molar-refractivity contribution < 1.29 is 0 Å². The average molecular weight is 291 g/mol. The summed E-state index contributed by atoms with van der Waals surface area (Å²) in [5, 5.41) is 5.57. The number of nitrogens with zero attached hydrogens (tertiary/aromatic N) is 2. The summed E-state index contributed by atoms with van der Waals surface area (Å²) in [6, 6.07) is 8.66. The molecule has 0 saturated heterocycles. The quantitative estimate of drug-likeness (QED) is 0.783. The maximum atomic E-state index is 4.66. The number of halogens is 1. The number of hydrogen-bond donors (Lipinski definition) is 0. The number of benzene rings is 1. The summed E-state index contributed by atoms with van der Waals surface area (Å²) in [6.45, 7) is 2.14. The normalized spacial score (nSPS) is 15.2. The minimum atomic E-state index is 0.721. The molecule has 1 heterocycles. The minimum absolute atomic E-state index is 0.721. The molecule has 1 aromatic carbocycles.